The zero-order valence-electron chi connectivity index (χ0n) is 19.9. The highest BCUT2D eigenvalue weighted by Crippen LogP contribution is 2.53. The first-order valence-electron chi connectivity index (χ1n) is 11.8. The van der Waals surface area contributed by atoms with Crippen molar-refractivity contribution in [2.45, 2.75) is 22.8 Å². The molecule has 3 aromatic carbocycles. The van der Waals surface area contributed by atoms with Crippen LogP contribution in [0.25, 0.3) is 0 Å². The van der Waals surface area contributed by atoms with Gasteiger partial charge in [-0.1, -0.05) is 59.0 Å². The van der Waals surface area contributed by atoms with Gasteiger partial charge in [0.15, 0.2) is 0 Å². The van der Waals surface area contributed by atoms with Crippen LogP contribution in [0.1, 0.15) is 21.9 Å². The molecule has 1 aromatic heterocycles. The number of thioether (sulfide) groups is 1. The van der Waals surface area contributed by atoms with E-state index in [1.807, 2.05) is 30.3 Å². The summed E-state index contributed by atoms with van der Waals surface area (Å²) >= 11 is 8.25. The minimum Gasteiger partial charge on any atom is -0.489 e. The lowest BCUT2D eigenvalue weighted by molar-refractivity contribution is -0.384. The van der Waals surface area contributed by atoms with Gasteiger partial charge < -0.3 is 9.72 Å². The molecule has 2 aliphatic heterocycles. The predicted octanol–water partition coefficient (Wildman–Crippen LogP) is 5.37. The molecule has 0 spiro atoms. The molecule has 3 atom stereocenters. The molecule has 0 bridgehead atoms. The fraction of sp³-hybridized carbons (Fsp3) is 0.148. The summed E-state index contributed by atoms with van der Waals surface area (Å²) in [7, 11) is 0. The number of nitrogens with one attached hydrogen (secondary N) is 1. The Hall–Kier alpha value is -3.93. The van der Waals surface area contributed by atoms with Crippen LogP contribution in [0.4, 0.5) is 11.4 Å². The Bertz CT molecular complexity index is 1670. The van der Waals surface area contributed by atoms with Gasteiger partial charge >= 0.3 is 4.87 Å². The Morgan fingerprint density at radius 2 is 1.74 bits per heavy atom. The number of ether oxygens (including phenoxy) is 1. The number of hydrogen-bond donors (Lipinski definition) is 1. The third-order valence-corrected chi connectivity index (χ3v) is 9.31. The minimum atomic E-state index is -0.755. The number of imide groups is 1. The van der Waals surface area contributed by atoms with Crippen LogP contribution in [0, 0.1) is 16.0 Å². The monoisotopic (exact) mass is 579 g/mol. The van der Waals surface area contributed by atoms with E-state index in [1.54, 1.807) is 18.2 Å². The quantitative estimate of drug-likeness (QED) is 0.185. The van der Waals surface area contributed by atoms with Gasteiger partial charge in [-0.3, -0.25) is 24.5 Å². The number of fused-ring (bicyclic) bond motifs is 2. The van der Waals surface area contributed by atoms with Gasteiger partial charge in [0.05, 0.1) is 21.6 Å². The zero-order chi connectivity index (χ0) is 27.3. The second-order valence-corrected chi connectivity index (χ2v) is 11.6. The predicted molar refractivity (Wildman–Crippen MR) is 148 cm³/mol. The summed E-state index contributed by atoms with van der Waals surface area (Å²) in [6.45, 7) is 0.325. The van der Waals surface area contributed by atoms with Crippen molar-refractivity contribution in [1.82, 2.24) is 4.98 Å². The number of hydrogen-bond acceptors (Lipinski definition) is 8. The highest BCUT2D eigenvalue weighted by molar-refractivity contribution is 8.00. The molecule has 0 radical (unpaired) electrons. The molecule has 0 aliphatic carbocycles. The van der Waals surface area contributed by atoms with Crippen LogP contribution in [0.5, 0.6) is 5.75 Å². The number of H-pyrrole nitrogens is 1. The Labute approximate surface area is 234 Å². The van der Waals surface area contributed by atoms with E-state index in [0.717, 1.165) is 27.4 Å². The fourth-order valence-corrected chi connectivity index (χ4v) is 7.65. The Balaban J connectivity index is 1.31. The standard InChI is InChI=1S/C27H18ClN3O6S2/c28-16-3-1-2-14(12-16)13-37-19-10-4-15(5-11-19)20-21-23(38-24-22(20)39-27(34)29-24)26(33)30(25(21)32)17-6-8-18(9-7-17)31(35)36/h1-12,20-21,23H,13H2,(H,29,34)/t20-,21?,23?/m1/s1. The number of amides is 2. The number of benzene rings is 3. The Kier molecular flexibility index (Phi) is 6.49. The van der Waals surface area contributed by atoms with E-state index in [2.05, 4.69) is 4.98 Å². The maximum absolute atomic E-state index is 13.8. The number of thiazole rings is 1. The van der Waals surface area contributed by atoms with Crippen molar-refractivity contribution >= 4 is 57.9 Å². The van der Waals surface area contributed by atoms with Gasteiger partial charge in [-0.15, -0.1) is 0 Å². The second kappa shape index (κ2) is 9.99. The first-order chi connectivity index (χ1) is 18.8. The third-order valence-electron chi connectivity index (χ3n) is 6.68. The maximum Gasteiger partial charge on any atom is 0.305 e. The molecule has 196 valence electrons. The second-order valence-electron chi connectivity index (χ2n) is 9.02. The number of halogens is 1. The van der Waals surface area contributed by atoms with Crippen molar-refractivity contribution in [3.05, 3.63) is 114 Å². The Morgan fingerprint density at radius 3 is 2.44 bits per heavy atom. The lowest BCUT2D eigenvalue weighted by atomic mass is 9.83. The molecular weight excluding hydrogens is 562 g/mol. The average molecular weight is 580 g/mol. The van der Waals surface area contributed by atoms with Crippen LogP contribution in [0.3, 0.4) is 0 Å². The smallest absolute Gasteiger partial charge is 0.305 e. The van der Waals surface area contributed by atoms with Gasteiger partial charge in [0.2, 0.25) is 11.8 Å². The van der Waals surface area contributed by atoms with Gasteiger partial charge in [-0.2, -0.15) is 0 Å². The summed E-state index contributed by atoms with van der Waals surface area (Å²) in [6.07, 6.45) is 0. The number of anilines is 1. The van der Waals surface area contributed by atoms with Crippen LogP contribution in [-0.2, 0) is 16.2 Å². The number of carbonyl (C=O) groups excluding carboxylic acids is 2. The molecule has 1 saturated heterocycles. The van der Waals surface area contributed by atoms with Gasteiger partial charge in [-0.05, 0) is 47.5 Å². The van der Waals surface area contributed by atoms with Crippen molar-refractivity contribution in [3.63, 3.8) is 0 Å². The number of nitro groups is 1. The molecule has 6 rings (SSSR count). The summed E-state index contributed by atoms with van der Waals surface area (Å²) in [4.78, 5) is 54.4. The van der Waals surface area contributed by atoms with Gasteiger partial charge in [0.25, 0.3) is 5.69 Å². The third kappa shape index (κ3) is 4.62. The van der Waals surface area contributed by atoms with Crippen LogP contribution in [0.2, 0.25) is 5.02 Å². The molecule has 2 unspecified atom stereocenters. The van der Waals surface area contributed by atoms with E-state index in [4.69, 9.17) is 16.3 Å². The molecule has 0 saturated carbocycles. The summed E-state index contributed by atoms with van der Waals surface area (Å²) in [5.74, 6) is -1.51. The number of aromatic nitrogens is 1. The number of aromatic amines is 1. The van der Waals surface area contributed by atoms with Crippen LogP contribution in [-0.4, -0.2) is 27.0 Å². The zero-order valence-corrected chi connectivity index (χ0v) is 22.3. The molecule has 4 aromatic rings. The van der Waals surface area contributed by atoms with Crippen LogP contribution < -0.4 is 14.5 Å². The van der Waals surface area contributed by atoms with Crippen molar-refractivity contribution in [1.29, 1.82) is 0 Å². The summed E-state index contributed by atoms with van der Waals surface area (Å²) in [5.41, 5.74) is 1.82. The van der Waals surface area contributed by atoms with E-state index in [9.17, 15) is 24.5 Å². The number of rotatable bonds is 6. The molecule has 2 amide bonds. The fourth-order valence-electron chi connectivity index (χ4n) is 4.92. The van der Waals surface area contributed by atoms with E-state index >= 15 is 0 Å². The van der Waals surface area contributed by atoms with Crippen molar-refractivity contribution < 1.29 is 19.2 Å². The molecular formula is C27H18ClN3O6S2. The van der Waals surface area contributed by atoms with E-state index in [1.165, 1.54) is 36.0 Å². The van der Waals surface area contributed by atoms with Crippen LogP contribution in [0.15, 0.2) is 82.6 Å². The van der Waals surface area contributed by atoms with Crippen LogP contribution >= 0.6 is 34.7 Å². The largest absolute Gasteiger partial charge is 0.489 e. The van der Waals surface area contributed by atoms with E-state index in [0.29, 0.717) is 27.3 Å². The molecule has 1 fully saturated rings. The molecule has 1 N–H and O–H groups in total. The lowest BCUT2D eigenvalue weighted by Crippen LogP contribution is -2.32. The van der Waals surface area contributed by atoms with E-state index < -0.39 is 33.8 Å². The van der Waals surface area contributed by atoms with Crippen molar-refractivity contribution in [2.24, 2.45) is 5.92 Å². The molecule has 3 heterocycles. The maximum atomic E-state index is 13.8. The van der Waals surface area contributed by atoms with Gasteiger partial charge in [0.1, 0.15) is 17.6 Å². The number of nitrogens with zero attached hydrogens (tertiary/aromatic N) is 2. The summed E-state index contributed by atoms with van der Waals surface area (Å²) in [5, 5.41) is 11.5. The topological polar surface area (TPSA) is 123 Å². The lowest BCUT2D eigenvalue weighted by Gasteiger charge is -2.29. The molecule has 12 heteroatoms. The molecule has 2 aliphatic rings. The highest BCUT2D eigenvalue weighted by Gasteiger charge is 2.56. The summed E-state index contributed by atoms with van der Waals surface area (Å²) < 4.78 is 5.90. The highest BCUT2D eigenvalue weighted by atomic mass is 35.5. The molecule has 9 nitrogen and oxygen atoms in total. The van der Waals surface area contributed by atoms with Crippen molar-refractivity contribution in [2.75, 3.05) is 4.90 Å². The SMILES string of the molecule is O=C1C2Sc3[nH]c(=O)sc3[C@H](c3ccc(OCc4cccc(Cl)c4)cc3)C2C(=O)N1c1ccc([N+](=O)[O-])cc1. The first kappa shape index (κ1) is 25.4. The van der Waals surface area contributed by atoms with Crippen molar-refractivity contribution in [3.8, 4) is 5.75 Å². The average Bonchev–Trinajstić information content (AvgIpc) is 3.42. The summed E-state index contributed by atoms with van der Waals surface area (Å²) in [6, 6.07) is 20.0. The first-order valence-corrected chi connectivity index (χ1v) is 13.9. The van der Waals surface area contributed by atoms with E-state index in [-0.39, 0.29) is 16.2 Å². The van der Waals surface area contributed by atoms with Gasteiger partial charge in [-0.25, -0.2) is 4.90 Å². The molecule has 39 heavy (non-hydrogen) atoms. The minimum absolute atomic E-state index is 0.139. The number of carbonyl (C=O) groups is 2. The number of nitro benzene ring substituents is 1. The Morgan fingerprint density at radius 1 is 1.00 bits per heavy atom. The normalized spacial score (nSPS) is 20.0. The van der Waals surface area contributed by atoms with Gasteiger partial charge in [0, 0.05) is 28.0 Å². The number of non-ortho nitro benzene ring substituents is 1.